The Kier molecular flexibility index (Phi) is 39.0. The molecule has 2 N–H and O–H groups in total. The summed E-state index contributed by atoms with van der Waals surface area (Å²) < 4.78 is 0. The molecule has 0 fully saturated rings. The van der Waals surface area contributed by atoms with Gasteiger partial charge in [0.15, 0.2) is 0 Å². The zero-order valence-corrected chi connectivity index (χ0v) is 44.5. The summed E-state index contributed by atoms with van der Waals surface area (Å²) in [4.78, 5) is 29.4. The highest BCUT2D eigenvalue weighted by molar-refractivity contribution is 7.12. The molecule has 0 spiro atoms. The van der Waals surface area contributed by atoms with Crippen LogP contribution in [0.4, 0.5) is 0 Å². The molecule has 0 radical (unpaired) electrons. The zero-order chi connectivity index (χ0) is 46.0. The first-order valence-corrected chi connectivity index (χ1v) is 30.1. The summed E-state index contributed by atoms with van der Waals surface area (Å²) >= 11 is 3.17. The molecule has 0 aliphatic rings. The molecule has 370 valence electrons. The highest BCUT2D eigenvalue weighted by Gasteiger charge is 2.21. The van der Waals surface area contributed by atoms with E-state index in [1.807, 2.05) is 0 Å². The van der Waals surface area contributed by atoms with Crippen molar-refractivity contribution in [1.82, 2.24) is 10.9 Å². The molecule has 2 aromatic rings. The number of amides is 2. The number of carbonyl (C=O) groups excluding carboxylic acids is 2. The third-order valence-corrected chi connectivity index (χ3v) is 16.0. The SMILES string of the molecule is CCCCCCCCCCCCc1csc(C(=O)NNC(=O)c2scc(CCCCCCCCCCCC)c2CCCCCCCCCCCC)c1CCCCCCCCCCCC. The monoisotopic (exact) mass is 925 g/mol. The fraction of sp³-hybridized carbons (Fsp3) is 0.828. The van der Waals surface area contributed by atoms with Crippen LogP contribution in [0.25, 0.3) is 0 Å². The van der Waals surface area contributed by atoms with Crippen LogP contribution in [0.5, 0.6) is 0 Å². The van der Waals surface area contributed by atoms with Crippen molar-refractivity contribution >= 4 is 34.5 Å². The highest BCUT2D eigenvalue weighted by Crippen LogP contribution is 2.29. The molecule has 0 bridgehead atoms. The lowest BCUT2D eigenvalue weighted by atomic mass is 9.97. The van der Waals surface area contributed by atoms with E-state index >= 15 is 0 Å². The Morgan fingerprint density at radius 3 is 0.750 bits per heavy atom. The molecule has 6 heteroatoms. The molecular formula is C58H104N2O2S2. The predicted octanol–water partition coefficient (Wildman–Crippen LogP) is 19.7. The molecule has 64 heavy (non-hydrogen) atoms. The van der Waals surface area contributed by atoms with Crippen molar-refractivity contribution in [2.75, 3.05) is 0 Å². The quantitative estimate of drug-likeness (QED) is 0.0513. The Labute approximate surface area is 405 Å². The Morgan fingerprint density at radius 2 is 0.516 bits per heavy atom. The van der Waals surface area contributed by atoms with Gasteiger partial charge in [0.25, 0.3) is 11.8 Å². The van der Waals surface area contributed by atoms with E-state index in [1.54, 1.807) is 22.7 Å². The maximum absolute atomic E-state index is 13.9. The van der Waals surface area contributed by atoms with Crippen LogP contribution < -0.4 is 10.9 Å². The van der Waals surface area contributed by atoms with E-state index in [0.29, 0.717) is 0 Å². The van der Waals surface area contributed by atoms with Gasteiger partial charge in [0.2, 0.25) is 0 Å². The number of hydrazine groups is 1. The number of hydrogen-bond acceptors (Lipinski definition) is 4. The zero-order valence-electron chi connectivity index (χ0n) is 42.9. The van der Waals surface area contributed by atoms with Gasteiger partial charge in [-0.15, -0.1) is 22.7 Å². The molecule has 0 saturated carbocycles. The van der Waals surface area contributed by atoms with E-state index in [9.17, 15) is 9.59 Å². The standard InChI is InChI=1S/C58H104N2O2S2/c1-5-9-13-17-21-25-29-33-37-41-45-51-49-63-55(53(51)47-43-39-35-31-27-23-19-15-11-7-3)57(61)59-60-58(62)56-54(48-44-40-36-32-28-24-20-16-12-8-4)52(50-64-56)46-42-38-34-30-26-22-18-14-10-6-2/h49-50H,5-48H2,1-4H3,(H,59,61)(H,60,62). The van der Waals surface area contributed by atoms with Crippen LogP contribution >= 0.6 is 22.7 Å². The number of rotatable bonds is 46. The minimum absolute atomic E-state index is 0.145. The first-order valence-electron chi connectivity index (χ1n) is 28.4. The first-order chi connectivity index (χ1) is 31.6. The minimum atomic E-state index is -0.145. The van der Waals surface area contributed by atoms with Gasteiger partial charge in [-0.25, -0.2) is 0 Å². The van der Waals surface area contributed by atoms with Crippen LogP contribution in [0, 0.1) is 0 Å². The van der Waals surface area contributed by atoms with E-state index in [0.717, 1.165) is 48.3 Å². The average molecular weight is 926 g/mol. The lowest BCUT2D eigenvalue weighted by Gasteiger charge is -2.12. The molecule has 2 rings (SSSR count). The van der Waals surface area contributed by atoms with Crippen LogP contribution in [0.3, 0.4) is 0 Å². The fourth-order valence-corrected chi connectivity index (χ4v) is 11.7. The summed E-state index contributed by atoms with van der Waals surface area (Å²) in [6.45, 7) is 9.16. The second-order valence-electron chi connectivity index (χ2n) is 19.8. The van der Waals surface area contributed by atoms with Crippen molar-refractivity contribution in [3.05, 3.63) is 42.8 Å². The number of hydrogen-bond donors (Lipinski definition) is 2. The van der Waals surface area contributed by atoms with Crippen LogP contribution in [0.2, 0.25) is 0 Å². The summed E-state index contributed by atoms with van der Waals surface area (Å²) in [6, 6.07) is 0. The minimum Gasteiger partial charge on any atom is -0.266 e. The van der Waals surface area contributed by atoms with Crippen LogP contribution in [-0.4, -0.2) is 11.8 Å². The molecule has 4 nitrogen and oxygen atoms in total. The summed E-state index contributed by atoms with van der Waals surface area (Å²) in [7, 11) is 0. The van der Waals surface area contributed by atoms with Gasteiger partial charge in [0.05, 0.1) is 9.75 Å². The van der Waals surface area contributed by atoms with Crippen molar-refractivity contribution in [3.63, 3.8) is 0 Å². The average Bonchev–Trinajstić information content (AvgIpc) is 3.91. The normalized spacial score (nSPS) is 11.5. The van der Waals surface area contributed by atoms with E-state index in [-0.39, 0.29) is 11.8 Å². The van der Waals surface area contributed by atoms with Crippen LogP contribution in [-0.2, 0) is 25.7 Å². The van der Waals surface area contributed by atoms with E-state index in [4.69, 9.17) is 0 Å². The van der Waals surface area contributed by atoms with Gasteiger partial charge >= 0.3 is 0 Å². The van der Waals surface area contributed by atoms with Crippen LogP contribution in [0.1, 0.15) is 326 Å². The number of thiophene rings is 2. The number of aryl methyl sites for hydroxylation is 2. The molecule has 2 aromatic heterocycles. The Bertz CT molecular complexity index is 1260. The molecule has 0 atom stereocenters. The van der Waals surface area contributed by atoms with Crippen LogP contribution in [0.15, 0.2) is 10.8 Å². The fourth-order valence-electron chi connectivity index (χ4n) is 9.60. The van der Waals surface area contributed by atoms with Crippen molar-refractivity contribution in [3.8, 4) is 0 Å². The second-order valence-corrected chi connectivity index (χ2v) is 21.5. The summed E-state index contributed by atoms with van der Waals surface area (Å²) in [6.07, 6.45) is 57.0. The largest absolute Gasteiger partial charge is 0.280 e. The smallest absolute Gasteiger partial charge is 0.266 e. The van der Waals surface area contributed by atoms with E-state index < -0.39 is 0 Å². The lowest BCUT2D eigenvalue weighted by Crippen LogP contribution is -2.41. The molecule has 0 saturated heterocycles. The maximum atomic E-state index is 13.9. The summed E-state index contributed by atoms with van der Waals surface area (Å²) in [5, 5.41) is 4.50. The van der Waals surface area contributed by atoms with Gasteiger partial charge in [-0.05, 0) is 84.4 Å². The third-order valence-electron chi connectivity index (χ3n) is 13.8. The van der Waals surface area contributed by atoms with Crippen molar-refractivity contribution in [1.29, 1.82) is 0 Å². The maximum Gasteiger partial charge on any atom is 0.280 e. The Morgan fingerprint density at radius 1 is 0.312 bits per heavy atom. The van der Waals surface area contributed by atoms with E-state index in [1.165, 1.54) is 266 Å². The Balaban J connectivity index is 1.99. The van der Waals surface area contributed by atoms with Gasteiger partial charge < -0.3 is 0 Å². The molecule has 0 unspecified atom stereocenters. The second kappa shape index (κ2) is 42.7. The van der Waals surface area contributed by atoms with Gasteiger partial charge in [-0.2, -0.15) is 0 Å². The highest BCUT2D eigenvalue weighted by atomic mass is 32.1. The van der Waals surface area contributed by atoms with Crippen molar-refractivity contribution in [2.24, 2.45) is 0 Å². The van der Waals surface area contributed by atoms with Gasteiger partial charge in [0.1, 0.15) is 0 Å². The molecule has 0 aliphatic carbocycles. The van der Waals surface area contributed by atoms with Gasteiger partial charge in [-0.3, -0.25) is 20.4 Å². The Hall–Kier alpha value is -1.66. The molecular weight excluding hydrogens is 821 g/mol. The third kappa shape index (κ3) is 29.2. The van der Waals surface area contributed by atoms with E-state index in [2.05, 4.69) is 49.3 Å². The summed E-state index contributed by atoms with van der Waals surface area (Å²) in [5.74, 6) is -0.290. The number of nitrogens with one attached hydrogen (secondary N) is 2. The number of carbonyl (C=O) groups is 2. The van der Waals surface area contributed by atoms with Gasteiger partial charge in [-0.1, -0.05) is 259 Å². The molecule has 2 heterocycles. The predicted molar refractivity (Wildman–Crippen MR) is 286 cm³/mol. The summed E-state index contributed by atoms with van der Waals surface area (Å²) in [5.41, 5.74) is 11.0. The molecule has 0 aromatic carbocycles. The number of unbranched alkanes of at least 4 members (excludes halogenated alkanes) is 36. The molecule has 2 amide bonds. The topological polar surface area (TPSA) is 58.2 Å². The van der Waals surface area contributed by atoms with Crippen molar-refractivity contribution < 1.29 is 9.59 Å². The lowest BCUT2D eigenvalue weighted by molar-refractivity contribution is 0.0850. The molecule has 0 aliphatic heterocycles. The first kappa shape index (κ1) is 58.5. The van der Waals surface area contributed by atoms with Crippen molar-refractivity contribution in [2.45, 2.75) is 310 Å². The van der Waals surface area contributed by atoms with Gasteiger partial charge in [0, 0.05) is 0 Å².